The molecule has 0 amide bonds. The topological polar surface area (TPSA) is 69.4 Å². The van der Waals surface area contributed by atoms with E-state index in [2.05, 4.69) is 15.9 Å². The van der Waals surface area contributed by atoms with Crippen molar-refractivity contribution in [3.05, 3.63) is 68.4 Å². The monoisotopic (exact) mass is 353 g/mol. The fourth-order valence-electron chi connectivity index (χ4n) is 1.57. The normalized spacial score (nSPS) is 10.2. The zero-order valence-corrected chi connectivity index (χ0v) is 12.2. The number of hydrogen-bond acceptors (Lipinski definition) is 4. The lowest BCUT2D eigenvalue weighted by Gasteiger charge is -2.06. The third-order valence-corrected chi connectivity index (χ3v) is 3.27. The van der Waals surface area contributed by atoms with Gasteiger partial charge in [-0.3, -0.25) is 14.9 Å². The average molecular weight is 354 g/mol. The first-order valence-corrected chi connectivity index (χ1v) is 6.62. The number of nitro groups is 1. The average Bonchev–Trinajstić information content (AvgIpc) is 2.48. The number of benzene rings is 2. The van der Waals surface area contributed by atoms with Crippen LogP contribution < -0.4 is 4.74 Å². The van der Waals surface area contributed by atoms with Crippen LogP contribution in [0.1, 0.15) is 10.4 Å². The van der Waals surface area contributed by atoms with Crippen LogP contribution in [0.25, 0.3) is 0 Å². The molecule has 0 aliphatic carbocycles. The van der Waals surface area contributed by atoms with Gasteiger partial charge in [-0.1, -0.05) is 0 Å². The first-order valence-electron chi connectivity index (χ1n) is 5.83. The lowest BCUT2D eigenvalue weighted by atomic mass is 10.1. The minimum atomic E-state index is -0.541. The zero-order valence-electron chi connectivity index (χ0n) is 10.6. The van der Waals surface area contributed by atoms with Gasteiger partial charge in [-0.25, -0.2) is 4.39 Å². The summed E-state index contributed by atoms with van der Waals surface area (Å²) in [6, 6.07) is 9.27. The maximum absolute atomic E-state index is 13.0. The molecule has 0 spiro atoms. The van der Waals surface area contributed by atoms with Crippen LogP contribution in [0.4, 0.5) is 10.1 Å². The third kappa shape index (κ3) is 3.85. The molecule has 0 radical (unpaired) electrons. The minimum absolute atomic E-state index is 0.0880. The smallest absolute Gasteiger partial charge is 0.269 e. The Kier molecular flexibility index (Phi) is 4.64. The number of rotatable bonds is 5. The predicted molar refractivity (Wildman–Crippen MR) is 77.0 cm³/mol. The quantitative estimate of drug-likeness (QED) is 0.466. The molecule has 0 saturated heterocycles. The molecule has 0 N–H and O–H groups in total. The molecule has 0 unspecified atom stereocenters. The molecule has 21 heavy (non-hydrogen) atoms. The molecule has 7 heteroatoms. The highest BCUT2D eigenvalue weighted by Gasteiger charge is 2.10. The summed E-state index contributed by atoms with van der Waals surface area (Å²) in [4.78, 5) is 21.8. The summed E-state index contributed by atoms with van der Waals surface area (Å²) in [6.07, 6.45) is 0. The summed E-state index contributed by atoms with van der Waals surface area (Å²) in [5.74, 6) is -0.409. The molecule has 0 aliphatic rings. The lowest BCUT2D eigenvalue weighted by Crippen LogP contribution is -2.11. The van der Waals surface area contributed by atoms with E-state index < -0.39 is 10.7 Å². The SMILES string of the molecule is O=C(COc1ccc(F)c(Br)c1)c1ccc([N+](=O)[O-])cc1. The van der Waals surface area contributed by atoms with Crippen LogP contribution in [0.3, 0.4) is 0 Å². The van der Waals surface area contributed by atoms with Crippen molar-refractivity contribution in [1.82, 2.24) is 0 Å². The van der Waals surface area contributed by atoms with E-state index in [1.54, 1.807) is 0 Å². The van der Waals surface area contributed by atoms with Crippen LogP contribution in [0.15, 0.2) is 46.9 Å². The van der Waals surface area contributed by atoms with Gasteiger partial charge < -0.3 is 4.74 Å². The molecule has 0 atom stereocenters. The number of ketones is 1. The number of nitro benzene ring substituents is 1. The summed E-state index contributed by atoms with van der Waals surface area (Å²) in [6.45, 7) is -0.240. The number of non-ortho nitro benzene ring substituents is 1. The number of carbonyl (C=O) groups is 1. The van der Waals surface area contributed by atoms with Crippen molar-refractivity contribution in [2.45, 2.75) is 0 Å². The number of Topliss-reactive ketones (excluding diaryl/α,β-unsaturated/α-hetero) is 1. The molecular formula is C14H9BrFNO4. The van der Waals surface area contributed by atoms with Gasteiger partial charge in [-0.2, -0.15) is 0 Å². The molecule has 5 nitrogen and oxygen atoms in total. The lowest BCUT2D eigenvalue weighted by molar-refractivity contribution is -0.384. The Morgan fingerprint density at radius 1 is 1.24 bits per heavy atom. The van der Waals surface area contributed by atoms with Crippen LogP contribution in [0.5, 0.6) is 5.75 Å². The highest BCUT2D eigenvalue weighted by atomic mass is 79.9. The molecule has 0 heterocycles. The number of hydrogen-bond donors (Lipinski definition) is 0. The Labute approximate surface area is 127 Å². The zero-order chi connectivity index (χ0) is 15.4. The second-order valence-electron chi connectivity index (χ2n) is 4.09. The van der Waals surface area contributed by atoms with E-state index in [1.165, 1.54) is 42.5 Å². The first-order chi connectivity index (χ1) is 9.97. The molecule has 2 aromatic rings. The van der Waals surface area contributed by atoms with Gasteiger partial charge in [0.15, 0.2) is 12.4 Å². The number of carbonyl (C=O) groups excluding carboxylic acids is 1. The van der Waals surface area contributed by atoms with Crippen LogP contribution >= 0.6 is 15.9 Å². The van der Waals surface area contributed by atoms with E-state index in [-0.39, 0.29) is 22.6 Å². The van der Waals surface area contributed by atoms with Gasteiger partial charge in [0.25, 0.3) is 5.69 Å². The molecule has 2 rings (SSSR count). The van der Waals surface area contributed by atoms with Crippen molar-refractivity contribution in [2.24, 2.45) is 0 Å². The van der Waals surface area contributed by atoms with Crippen molar-refractivity contribution < 1.29 is 18.8 Å². The minimum Gasteiger partial charge on any atom is -0.485 e. The molecule has 0 fully saturated rings. The molecule has 0 saturated carbocycles. The van der Waals surface area contributed by atoms with Crippen molar-refractivity contribution >= 4 is 27.4 Å². The summed E-state index contributed by atoms with van der Waals surface area (Å²) < 4.78 is 18.5. The van der Waals surface area contributed by atoms with Gasteiger partial charge in [0.1, 0.15) is 11.6 Å². The molecule has 108 valence electrons. The second-order valence-corrected chi connectivity index (χ2v) is 4.95. The molecular weight excluding hydrogens is 345 g/mol. The van der Waals surface area contributed by atoms with Gasteiger partial charge in [0, 0.05) is 17.7 Å². The van der Waals surface area contributed by atoms with E-state index in [4.69, 9.17) is 4.74 Å². The van der Waals surface area contributed by atoms with Crippen molar-refractivity contribution in [2.75, 3.05) is 6.61 Å². The van der Waals surface area contributed by atoms with Crippen LogP contribution in [-0.2, 0) is 0 Å². The predicted octanol–water partition coefficient (Wildman–Crippen LogP) is 3.76. The van der Waals surface area contributed by atoms with Crippen LogP contribution in [0.2, 0.25) is 0 Å². The van der Waals surface area contributed by atoms with Gasteiger partial charge in [0.2, 0.25) is 0 Å². The number of nitrogens with zero attached hydrogens (tertiary/aromatic N) is 1. The fourth-order valence-corrected chi connectivity index (χ4v) is 1.93. The van der Waals surface area contributed by atoms with E-state index in [9.17, 15) is 19.3 Å². The van der Waals surface area contributed by atoms with Crippen molar-refractivity contribution in [3.63, 3.8) is 0 Å². The Balaban J connectivity index is 2.01. The summed E-state index contributed by atoms with van der Waals surface area (Å²) in [5, 5.41) is 10.5. The Bertz CT molecular complexity index is 688. The maximum Gasteiger partial charge on any atom is 0.269 e. The van der Waals surface area contributed by atoms with E-state index in [0.29, 0.717) is 11.3 Å². The molecule has 2 aromatic carbocycles. The Hall–Kier alpha value is -2.28. The maximum atomic E-state index is 13.0. The standard InChI is InChI=1S/C14H9BrFNO4/c15-12-7-11(5-6-13(12)16)21-8-14(18)9-1-3-10(4-2-9)17(19)20/h1-7H,8H2. The van der Waals surface area contributed by atoms with E-state index >= 15 is 0 Å². The van der Waals surface area contributed by atoms with Crippen LogP contribution in [-0.4, -0.2) is 17.3 Å². The van der Waals surface area contributed by atoms with Gasteiger partial charge >= 0.3 is 0 Å². The van der Waals surface area contributed by atoms with Crippen LogP contribution in [0, 0.1) is 15.9 Å². The third-order valence-electron chi connectivity index (χ3n) is 2.66. The summed E-state index contributed by atoms with van der Waals surface area (Å²) >= 11 is 3.02. The van der Waals surface area contributed by atoms with E-state index in [1.807, 2.05) is 0 Å². The molecule has 0 aromatic heterocycles. The fraction of sp³-hybridized carbons (Fsp3) is 0.0714. The molecule has 0 bridgehead atoms. The van der Waals surface area contributed by atoms with Crippen molar-refractivity contribution in [1.29, 1.82) is 0 Å². The largest absolute Gasteiger partial charge is 0.485 e. The van der Waals surface area contributed by atoms with Gasteiger partial charge in [0.05, 0.1) is 9.40 Å². The Morgan fingerprint density at radius 3 is 2.48 bits per heavy atom. The van der Waals surface area contributed by atoms with E-state index in [0.717, 1.165) is 0 Å². The molecule has 0 aliphatic heterocycles. The van der Waals surface area contributed by atoms with Gasteiger partial charge in [-0.05, 0) is 46.3 Å². The Morgan fingerprint density at radius 2 is 1.90 bits per heavy atom. The van der Waals surface area contributed by atoms with Gasteiger partial charge in [-0.15, -0.1) is 0 Å². The summed E-state index contributed by atoms with van der Waals surface area (Å²) in [7, 11) is 0. The highest BCUT2D eigenvalue weighted by Crippen LogP contribution is 2.22. The summed E-state index contributed by atoms with van der Waals surface area (Å²) in [5.41, 5.74) is 0.219. The first kappa shape index (κ1) is 15.1. The second kappa shape index (κ2) is 6.45. The highest BCUT2D eigenvalue weighted by molar-refractivity contribution is 9.10. The van der Waals surface area contributed by atoms with Crippen molar-refractivity contribution in [3.8, 4) is 5.75 Å². The number of halogens is 2. The number of ether oxygens (including phenoxy) is 1.